The minimum absolute atomic E-state index is 0.0169. The molecule has 0 unspecified atom stereocenters. The predicted octanol–water partition coefficient (Wildman–Crippen LogP) is -0.210. The average Bonchev–Trinajstić information content (AvgIpc) is 2.83. The van der Waals surface area contributed by atoms with E-state index in [1.54, 1.807) is 24.0 Å². The smallest absolute Gasteiger partial charge is 0.260 e. The van der Waals surface area contributed by atoms with Crippen molar-refractivity contribution >= 4 is 26.0 Å². The Labute approximate surface area is 112 Å². The predicted molar refractivity (Wildman–Crippen MR) is 65.9 cm³/mol. The first-order valence-corrected chi connectivity index (χ1v) is 7.20. The molecule has 0 aliphatic carbocycles. The van der Waals surface area contributed by atoms with Crippen molar-refractivity contribution in [1.82, 2.24) is 29.3 Å². The van der Waals surface area contributed by atoms with Crippen molar-refractivity contribution in [3.63, 3.8) is 0 Å². The zero-order valence-electron chi connectivity index (χ0n) is 9.70. The second-order valence-corrected chi connectivity index (χ2v) is 6.02. The third-order valence-electron chi connectivity index (χ3n) is 2.33. The summed E-state index contributed by atoms with van der Waals surface area (Å²) in [4.78, 5) is 4.03. The van der Waals surface area contributed by atoms with Crippen molar-refractivity contribution in [2.24, 2.45) is 14.1 Å². The molecule has 0 aromatic carbocycles. The van der Waals surface area contributed by atoms with Gasteiger partial charge in [0.15, 0.2) is 4.60 Å². The monoisotopic (exact) mass is 334 g/mol. The van der Waals surface area contributed by atoms with Crippen LogP contribution in [0.3, 0.4) is 0 Å². The van der Waals surface area contributed by atoms with Crippen LogP contribution < -0.4 is 4.72 Å². The fourth-order valence-corrected chi connectivity index (χ4v) is 3.47. The Morgan fingerprint density at radius 2 is 2.17 bits per heavy atom. The van der Waals surface area contributed by atoms with Crippen molar-refractivity contribution in [2.75, 3.05) is 0 Å². The minimum Gasteiger partial charge on any atom is -0.337 e. The molecule has 8 nitrogen and oxygen atoms in total. The van der Waals surface area contributed by atoms with Gasteiger partial charge >= 0.3 is 0 Å². The second-order valence-electron chi connectivity index (χ2n) is 3.59. The van der Waals surface area contributed by atoms with Crippen LogP contribution in [-0.2, 0) is 30.7 Å². The molecule has 0 saturated carbocycles. The van der Waals surface area contributed by atoms with Gasteiger partial charge in [-0.15, -0.1) is 5.10 Å². The van der Waals surface area contributed by atoms with Gasteiger partial charge in [0, 0.05) is 26.5 Å². The average molecular weight is 335 g/mol. The molecular formula is C8H11BrN6O2S. The Morgan fingerprint density at radius 1 is 1.44 bits per heavy atom. The third kappa shape index (κ3) is 2.44. The fourth-order valence-electron chi connectivity index (χ4n) is 1.40. The van der Waals surface area contributed by atoms with Crippen LogP contribution in [0, 0.1) is 0 Å². The van der Waals surface area contributed by atoms with E-state index in [2.05, 4.69) is 35.9 Å². The molecule has 2 aromatic rings. The molecule has 0 bridgehead atoms. The van der Waals surface area contributed by atoms with E-state index >= 15 is 0 Å². The normalized spacial score (nSPS) is 11.9. The fraction of sp³-hybridized carbons (Fsp3) is 0.375. The van der Waals surface area contributed by atoms with Crippen LogP contribution in [0.25, 0.3) is 0 Å². The molecule has 0 aliphatic heterocycles. The van der Waals surface area contributed by atoms with Crippen molar-refractivity contribution < 1.29 is 8.42 Å². The van der Waals surface area contributed by atoms with E-state index in [0.717, 1.165) is 0 Å². The second kappa shape index (κ2) is 4.78. The number of rotatable bonds is 4. The number of halogens is 1. The standard InChI is InChI=1S/C8H11BrN6O2S/c1-14-4-3-10-6(14)5-11-18(16,17)8-7(9)12-13-15(8)2/h3-4,11H,5H2,1-2H3. The van der Waals surface area contributed by atoms with E-state index in [-0.39, 0.29) is 16.2 Å². The number of hydrogen-bond acceptors (Lipinski definition) is 5. The Hall–Kier alpha value is -1.26. The lowest BCUT2D eigenvalue weighted by atomic mass is 10.6. The lowest BCUT2D eigenvalue weighted by Crippen LogP contribution is -2.26. The molecule has 0 fully saturated rings. The summed E-state index contributed by atoms with van der Waals surface area (Å²) in [6, 6.07) is 0. The molecule has 2 rings (SSSR count). The maximum Gasteiger partial charge on any atom is 0.260 e. The Morgan fingerprint density at radius 3 is 2.67 bits per heavy atom. The summed E-state index contributed by atoms with van der Waals surface area (Å²) in [6.07, 6.45) is 3.34. The maximum atomic E-state index is 12.1. The quantitative estimate of drug-likeness (QED) is 0.834. The maximum absolute atomic E-state index is 12.1. The van der Waals surface area contributed by atoms with Gasteiger partial charge in [-0.1, -0.05) is 5.21 Å². The summed E-state index contributed by atoms with van der Waals surface area (Å²) in [7, 11) is -0.386. The Bertz CT molecular complexity index is 641. The molecule has 0 radical (unpaired) electrons. The van der Waals surface area contributed by atoms with E-state index in [0.29, 0.717) is 5.82 Å². The van der Waals surface area contributed by atoms with Gasteiger partial charge in [-0.25, -0.2) is 22.8 Å². The number of nitrogens with one attached hydrogen (secondary N) is 1. The van der Waals surface area contributed by atoms with Gasteiger partial charge in [-0.2, -0.15) is 0 Å². The highest BCUT2D eigenvalue weighted by Gasteiger charge is 2.23. The van der Waals surface area contributed by atoms with E-state index in [9.17, 15) is 8.42 Å². The van der Waals surface area contributed by atoms with Gasteiger partial charge in [-0.05, 0) is 15.9 Å². The van der Waals surface area contributed by atoms with Gasteiger partial charge in [0.25, 0.3) is 10.0 Å². The van der Waals surface area contributed by atoms with Gasteiger partial charge in [-0.3, -0.25) is 0 Å². The molecule has 0 saturated heterocycles. The highest BCUT2D eigenvalue weighted by atomic mass is 79.9. The lowest BCUT2D eigenvalue weighted by Gasteiger charge is -2.06. The number of hydrogen-bond donors (Lipinski definition) is 1. The summed E-state index contributed by atoms with van der Waals surface area (Å²) < 4.78 is 29.7. The van der Waals surface area contributed by atoms with E-state index in [1.807, 2.05) is 0 Å². The molecule has 2 aromatic heterocycles. The van der Waals surface area contributed by atoms with Crippen LogP contribution in [-0.4, -0.2) is 33.0 Å². The first kappa shape index (κ1) is 13.2. The molecule has 18 heavy (non-hydrogen) atoms. The zero-order valence-corrected chi connectivity index (χ0v) is 12.1. The van der Waals surface area contributed by atoms with Crippen LogP contribution in [0.15, 0.2) is 22.0 Å². The van der Waals surface area contributed by atoms with Crippen molar-refractivity contribution in [1.29, 1.82) is 0 Å². The number of aryl methyl sites for hydroxylation is 2. The number of sulfonamides is 1. The topological polar surface area (TPSA) is 94.7 Å². The molecular weight excluding hydrogens is 324 g/mol. The van der Waals surface area contributed by atoms with E-state index in [4.69, 9.17) is 0 Å². The number of nitrogens with zero attached hydrogens (tertiary/aromatic N) is 5. The largest absolute Gasteiger partial charge is 0.337 e. The first-order valence-electron chi connectivity index (χ1n) is 4.93. The van der Waals surface area contributed by atoms with Gasteiger partial charge < -0.3 is 4.57 Å². The van der Waals surface area contributed by atoms with Gasteiger partial charge in [0.1, 0.15) is 5.82 Å². The summed E-state index contributed by atoms with van der Waals surface area (Å²) in [5.41, 5.74) is 0. The molecule has 0 atom stereocenters. The summed E-state index contributed by atoms with van der Waals surface area (Å²) in [5.74, 6) is 0.616. The summed E-state index contributed by atoms with van der Waals surface area (Å²) in [6.45, 7) is 0.101. The van der Waals surface area contributed by atoms with Crippen molar-refractivity contribution in [3.05, 3.63) is 22.8 Å². The Kier molecular flexibility index (Phi) is 3.50. The minimum atomic E-state index is -3.68. The lowest BCUT2D eigenvalue weighted by molar-refractivity contribution is 0.557. The highest BCUT2D eigenvalue weighted by Crippen LogP contribution is 2.17. The van der Waals surface area contributed by atoms with Crippen molar-refractivity contribution in [2.45, 2.75) is 11.6 Å². The molecule has 1 N–H and O–H groups in total. The molecule has 2 heterocycles. The van der Waals surface area contributed by atoms with Crippen LogP contribution >= 0.6 is 15.9 Å². The van der Waals surface area contributed by atoms with E-state index < -0.39 is 10.0 Å². The van der Waals surface area contributed by atoms with Crippen LogP contribution in [0.5, 0.6) is 0 Å². The van der Waals surface area contributed by atoms with Crippen LogP contribution in [0.4, 0.5) is 0 Å². The molecule has 0 aliphatic rings. The molecule has 10 heteroatoms. The highest BCUT2D eigenvalue weighted by molar-refractivity contribution is 9.10. The SMILES string of the molecule is Cn1ccnc1CNS(=O)(=O)c1c(Br)nnn1C. The molecule has 0 amide bonds. The summed E-state index contributed by atoms with van der Waals surface area (Å²) in [5, 5.41) is 7.24. The zero-order chi connectivity index (χ0) is 13.3. The Balaban J connectivity index is 2.21. The van der Waals surface area contributed by atoms with Crippen LogP contribution in [0.1, 0.15) is 5.82 Å². The first-order chi connectivity index (χ1) is 8.42. The number of imidazole rings is 1. The van der Waals surface area contributed by atoms with Crippen molar-refractivity contribution in [3.8, 4) is 0 Å². The molecule has 0 spiro atoms. The van der Waals surface area contributed by atoms with E-state index in [1.165, 1.54) is 11.7 Å². The third-order valence-corrected chi connectivity index (χ3v) is 4.62. The van der Waals surface area contributed by atoms with Gasteiger partial charge in [0.2, 0.25) is 5.03 Å². The number of aromatic nitrogens is 5. The van der Waals surface area contributed by atoms with Crippen LogP contribution in [0.2, 0.25) is 0 Å². The molecule has 98 valence electrons. The van der Waals surface area contributed by atoms with Gasteiger partial charge in [0.05, 0.1) is 6.54 Å². The summed E-state index contributed by atoms with van der Waals surface area (Å²) >= 11 is 3.05.